The second-order valence-electron chi connectivity index (χ2n) is 6.46. The molecule has 0 fully saturated rings. The van der Waals surface area contributed by atoms with E-state index in [0.717, 1.165) is 33.9 Å². The third-order valence-electron chi connectivity index (χ3n) is 4.54. The Morgan fingerprint density at radius 3 is 2.50 bits per heavy atom. The normalized spacial score (nSPS) is 14.2. The molecule has 0 bridgehead atoms. The highest BCUT2D eigenvalue weighted by atomic mass is 16.5. The summed E-state index contributed by atoms with van der Waals surface area (Å²) < 4.78 is 5.51. The van der Waals surface area contributed by atoms with Gasteiger partial charge in [0.1, 0.15) is 5.75 Å². The second-order valence-corrected chi connectivity index (χ2v) is 6.46. The van der Waals surface area contributed by atoms with Gasteiger partial charge in [0.25, 0.3) is 5.91 Å². The number of amides is 1. The number of nitrogens with two attached hydrogens (primary N) is 1. The molecule has 0 saturated heterocycles. The molecule has 0 aromatic heterocycles. The molecule has 1 aliphatic heterocycles. The maximum atomic E-state index is 12.8. The summed E-state index contributed by atoms with van der Waals surface area (Å²) in [4.78, 5) is 12.8. The highest BCUT2D eigenvalue weighted by molar-refractivity contribution is 6.37. The van der Waals surface area contributed by atoms with E-state index < -0.39 is 0 Å². The van der Waals surface area contributed by atoms with Crippen LogP contribution in [0.25, 0.3) is 11.3 Å². The SMILES string of the molecule is CCOc1ccc(N/C(=C2\C(=O)Nc3ccc(N)cc32)c2ccccc2)cc1. The van der Waals surface area contributed by atoms with E-state index in [1.54, 1.807) is 6.07 Å². The van der Waals surface area contributed by atoms with Crippen molar-refractivity contribution in [3.63, 3.8) is 0 Å². The van der Waals surface area contributed by atoms with Crippen molar-refractivity contribution in [1.29, 1.82) is 0 Å². The lowest BCUT2D eigenvalue weighted by Gasteiger charge is -2.15. The van der Waals surface area contributed by atoms with E-state index in [1.165, 1.54) is 0 Å². The molecule has 3 aromatic carbocycles. The average molecular weight is 371 g/mol. The Bertz CT molecular complexity index is 1040. The third-order valence-corrected chi connectivity index (χ3v) is 4.54. The van der Waals surface area contributed by atoms with E-state index in [9.17, 15) is 4.79 Å². The number of ether oxygens (including phenoxy) is 1. The molecule has 0 aliphatic carbocycles. The van der Waals surface area contributed by atoms with Crippen molar-refractivity contribution in [2.45, 2.75) is 6.92 Å². The Morgan fingerprint density at radius 1 is 1.04 bits per heavy atom. The fourth-order valence-corrected chi connectivity index (χ4v) is 3.26. The molecular formula is C23H21N3O2. The minimum atomic E-state index is -0.155. The number of nitrogens with one attached hydrogen (secondary N) is 2. The van der Waals surface area contributed by atoms with Crippen molar-refractivity contribution < 1.29 is 9.53 Å². The van der Waals surface area contributed by atoms with E-state index in [2.05, 4.69) is 10.6 Å². The number of carbonyl (C=O) groups excluding carboxylic acids is 1. The molecule has 1 amide bonds. The molecule has 28 heavy (non-hydrogen) atoms. The van der Waals surface area contributed by atoms with Crippen molar-refractivity contribution in [2.24, 2.45) is 0 Å². The Kier molecular flexibility index (Phi) is 4.72. The maximum Gasteiger partial charge on any atom is 0.258 e. The molecule has 0 spiro atoms. The summed E-state index contributed by atoms with van der Waals surface area (Å²) >= 11 is 0. The van der Waals surface area contributed by atoms with Crippen LogP contribution >= 0.6 is 0 Å². The highest BCUT2D eigenvalue weighted by Gasteiger charge is 2.28. The van der Waals surface area contributed by atoms with Crippen LogP contribution in [-0.4, -0.2) is 12.5 Å². The fraction of sp³-hybridized carbons (Fsp3) is 0.0870. The van der Waals surface area contributed by atoms with Crippen LogP contribution in [0.4, 0.5) is 17.1 Å². The number of nitrogen functional groups attached to an aromatic ring is 1. The van der Waals surface area contributed by atoms with E-state index in [1.807, 2.05) is 73.7 Å². The van der Waals surface area contributed by atoms with Gasteiger partial charge >= 0.3 is 0 Å². The van der Waals surface area contributed by atoms with E-state index >= 15 is 0 Å². The van der Waals surface area contributed by atoms with E-state index in [0.29, 0.717) is 17.9 Å². The second kappa shape index (κ2) is 7.48. The number of anilines is 3. The van der Waals surface area contributed by atoms with Crippen molar-refractivity contribution in [3.05, 3.63) is 83.9 Å². The first-order chi connectivity index (χ1) is 13.7. The molecule has 1 aliphatic rings. The van der Waals surface area contributed by atoms with Gasteiger partial charge in [0.2, 0.25) is 0 Å². The van der Waals surface area contributed by atoms with Gasteiger partial charge in [0.15, 0.2) is 0 Å². The Hall–Kier alpha value is -3.73. The number of rotatable bonds is 5. The molecule has 1 heterocycles. The largest absolute Gasteiger partial charge is 0.494 e. The number of benzene rings is 3. The fourth-order valence-electron chi connectivity index (χ4n) is 3.26. The van der Waals surface area contributed by atoms with Crippen LogP contribution in [-0.2, 0) is 4.79 Å². The van der Waals surface area contributed by atoms with Gasteiger partial charge in [-0.3, -0.25) is 4.79 Å². The van der Waals surface area contributed by atoms with Gasteiger partial charge in [-0.1, -0.05) is 30.3 Å². The predicted molar refractivity (Wildman–Crippen MR) is 114 cm³/mol. The number of fused-ring (bicyclic) bond motifs is 1. The molecule has 5 heteroatoms. The van der Waals surface area contributed by atoms with E-state index in [4.69, 9.17) is 10.5 Å². The van der Waals surface area contributed by atoms with Crippen LogP contribution in [0.5, 0.6) is 5.75 Å². The van der Waals surface area contributed by atoms with Gasteiger partial charge in [-0.2, -0.15) is 0 Å². The van der Waals surface area contributed by atoms with Gasteiger partial charge < -0.3 is 21.1 Å². The first-order valence-corrected chi connectivity index (χ1v) is 9.16. The molecular weight excluding hydrogens is 350 g/mol. The lowest BCUT2D eigenvalue weighted by atomic mass is 9.99. The quantitative estimate of drug-likeness (QED) is 0.452. The monoisotopic (exact) mass is 371 g/mol. The Labute approximate surface area is 163 Å². The lowest BCUT2D eigenvalue weighted by Crippen LogP contribution is -2.10. The summed E-state index contributed by atoms with van der Waals surface area (Å²) in [7, 11) is 0. The molecule has 140 valence electrons. The molecule has 5 nitrogen and oxygen atoms in total. The van der Waals surface area contributed by atoms with Crippen LogP contribution in [0.3, 0.4) is 0 Å². The summed E-state index contributed by atoms with van der Waals surface area (Å²) in [5, 5.41) is 6.34. The topological polar surface area (TPSA) is 76.4 Å². The van der Waals surface area contributed by atoms with Crippen molar-refractivity contribution in [3.8, 4) is 5.75 Å². The molecule has 3 aromatic rings. The first-order valence-electron chi connectivity index (χ1n) is 9.16. The van der Waals surface area contributed by atoms with Gasteiger partial charge in [0.05, 0.1) is 17.9 Å². The smallest absolute Gasteiger partial charge is 0.258 e. The highest BCUT2D eigenvalue weighted by Crippen LogP contribution is 2.38. The zero-order valence-electron chi connectivity index (χ0n) is 15.5. The standard InChI is InChI=1S/C23H21N3O2/c1-2-28-18-11-9-17(10-12-18)25-22(15-6-4-3-5-7-15)21-19-14-16(24)8-13-20(19)26-23(21)27/h3-14,25H,2,24H2,1H3,(H,26,27)/b22-21-. The lowest BCUT2D eigenvalue weighted by molar-refractivity contribution is -0.110. The molecule has 4 N–H and O–H groups in total. The van der Waals surface area contributed by atoms with Crippen molar-refractivity contribution >= 4 is 34.2 Å². The van der Waals surface area contributed by atoms with E-state index in [-0.39, 0.29) is 5.91 Å². The number of carbonyl (C=O) groups is 1. The predicted octanol–water partition coefficient (Wildman–Crippen LogP) is 4.60. The minimum absolute atomic E-state index is 0.155. The zero-order chi connectivity index (χ0) is 19.5. The summed E-state index contributed by atoms with van der Waals surface area (Å²) in [5.41, 5.74) is 11.2. The van der Waals surface area contributed by atoms with Crippen LogP contribution in [0, 0.1) is 0 Å². The Morgan fingerprint density at radius 2 is 1.79 bits per heavy atom. The zero-order valence-corrected chi connectivity index (χ0v) is 15.5. The van der Waals surface area contributed by atoms with Crippen molar-refractivity contribution in [1.82, 2.24) is 0 Å². The van der Waals surface area contributed by atoms with Gasteiger partial charge in [0, 0.05) is 22.6 Å². The molecule has 0 atom stereocenters. The van der Waals surface area contributed by atoms with Gasteiger partial charge in [-0.05, 0) is 55.0 Å². The molecule has 0 unspecified atom stereocenters. The summed E-state index contributed by atoms with van der Waals surface area (Å²) in [5.74, 6) is 0.650. The molecule has 0 saturated carbocycles. The van der Waals surface area contributed by atoms with Crippen molar-refractivity contribution in [2.75, 3.05) is 23.0 Å². The average Bonchev–Trinajstić information content (AvgIpc) is 3.03. The van der Waals surface area contributed by atoms with Gasteiger partial charge in [-0.25, -0.2) is 0 Å². The number of hydrogen-bond donors (Lipinski definition) is 3. The van der Waals surface area contributed by atoms with Crippen LogP contribution in [0.15, 0.2) is 72.8 Å². The number of hydrogen-bond acceptors (Lipinski definition) is 4. The van der Waals surface area contributed by atoms with Crippen LogP contribution < -0.4 is 21.1 Å². The third kappa shape index (κ3) is 3.42. The molecule has 0 radical (unpaired) electrons. The first kappa shape index (κ1) is 17.7. The minimum Gasteiger partial charge on any atom is -0.494 e. The van der Waals surface area contributed by atoms with Gasteiger partial charge in [-0.15, -0.1) is 0 Å². The Balaban J connectivity index is 1.82. The van der Waals surface area contributed by atoms with Crippen LogP contribution in [0.2, 0.25) is 0 Å². The van der Waals surface area contributed by atoms with Crippen LogP contribution in [0.1, 0.15) is 18.1 Å². The summed E-state index contributed by atoms with van der Waals surface area (Å²) in [6.07, 6.45) is 0. The maximum absolute atomic E-state index is 12.8. The summed E-state index contributed by atoms with van der Waals surface area (Å²) in [6, 6.07) is 22.9. The molecule has 4 rings (SSSR count). The summed E-state index contributed by atoms with van der Waals surface area (Å²) in [6.45, 7) is 2.57.